The molecule has 0 aliphatic heterocycles. The van der Waals surface area contributed by atoms with Gasteiger partial charge in [0.2, 0.25) is 0 Å². The molecule has 5 heteroatoms. The Kier molecular flexibility index (Phi) is 7.93. The number of thioether (sulfide) groups is 1. The van der Waals surface area contributed by atoms with Crippen molar-refractivity contribution in [3.05, 3.63) is 0 Å². The molecule has 14 heavy (non-hydrogen) atoms. The van der Waals surface area contributed by atoms with E-state index in [1.165, 1.54) is 11.8 Å². The molecule has 0 amide bonds. The first-order chi connectivity index (χ1) is 6.65. The summed E-state index contributed by atoms with van der Waals surface area (Å²) < 4.78 is 4.86. The van der Waals surface area contributed by atoms with Gasteiger partial charge in [0.15, 0.2) is 0 Å². The molecule has 2 N–H and O–H groups in total. The Morgan fingerprint density at radius 2 is 2.14 bits per heavy atom. The molecule has 0 aliphatic rings. The van der Waals surface area contributed by atoms with Crippen LogP contribution in [0.4, 0.5) is 0 Å². The van der Waals surface area contributed by atoms with Gasteiger partial charge in [-0.25, -0.2) is 0 Å². The van der Waals surface area contributed by atoms with Gasteiger partial charge in [0.05, 0.1) is 19.3 Å². The van der Waals surface area contributed by atoms with Crippen LogP contribution in [0.1, 0.15) is 20.3 Å². The normalized spacial score (nSPS) is 14.9. The zero-order valence-electron chi connectivity index (χ0n) is 8.60. The van der Waals surface area contributed by atoms with E-state index in [-0.39, 0.29) is 17.8 Å². The second-order valence-electron chi connectivity index (χ2n) is 2.82. The maximum absolute atomic E-state index is 11.3. The average molecular weight is 222 g/mol. The minimum atomic E-state index is -0.761. The van der Waals surface area contributed by atoms with Crippen LogP contribution in [0.15, 0.2) is 0 Å². The van der Waals surface area contributed by atoms with E-state index in [1.807, 2.05) is 6.92 Å². The molecule has 84 valence electrons. The number of rotatable bonds is 7. The molecule has 4 nitrogen and oxygen atoms in total. The molecule has 0 saturated heterocycles. The van der Waals surface area contributed by atoms with Crippen LogP contribution in [-0.2, 0) is 9.53 Å². The number of hydrogen-bond donors (Lipinski definition) is 2. The van der Waals surface area contributed by atoms with Crippen molar-refractivity contribution in [1.29, 1.82) is 0 Å². The average Bonchev–Trinajstić information content (AvgIpc) is 2.18. The van der Waals surface area contributed by atoms with Crippen LogP contribution in [0, 0.1) is 0 Å². The minimum Gasteiger partial charge on any atom is -0.465 e. The lowest BCUT2D eigenvalue weighted by Crippen LogP contribution is -2.23. The van der Waals surface area contributed by atoms with E-state index in [0.717, 1.165) is 0 Å². The van der Waals surface area contributed by atoms with Gasteiger partial charge in [0, 0.05) is 5.75 Å². The van der Waals surface area contributed by atoms with Crippen molar-refractivity contribution in [2.45, 2.75) is 31.6 Å². The zero-order chi connectivity index (χ0) is 11.0. The van der Waals surface area contributed by atoms with E-state index in [2.05, 4.69) is 0 Å². The largest absolute Gasteiger partial charge is 0.465 e. The summed E-state index contributed by atoms with van der Waals surface area (Å²) in [5.74, 6) is 0.110. The maximum Gasteiger partial charge on any atom is 0.319 e. The number of ether oxygens (including phenoxy) is 1. The summed E-state index contributed by atoms with van der Waals surface area (Å²) in [5.41, 5.74) is 0. The molecule has 0 heterocycles. The van der Waals surface area contributed by atoms with E-state index in [0.29, 0.717) is 18.8 Å². The molecule has 0 bridgehead atoms. The van der Waals surface area contributed by atoms with Gasteiger partial charge in [-0.1, -0.05) is 6.92 Å². The van der Waals surface area contributed by atoms with Crippen LogP contribution in [0.25, 0.3) is 0 Å². The quantitative estimate of drug-likeness (QED) is 0.611. The smallest absolute Gasteiger partial charge is 0.319 e. The Morgan fingerprint density at radius 1 is 1.50 bits per heavy atom. The van der Waals surface area contributed by atoms with Crippen molar-refractivity contribution < 1.29 is 19.7 Å². The molecule has 0 saturated carbocycles. The van der Waals surface area contributed by atoms with Crippen LogP contribution >= 0.6 is 11.8 Å². The van der Waals surface area contributed by atoms with Gasteiger partial charge >= 0.3 is 5.97 Å². The van der Waals surface area contributed by atoms with Crippen molar-refractivity contribution >= 4 is 17.7 Å². The molecule has 0 aromatic heterocycles. The van der Waals surface area contributed by atoms with Gasteiger partial charge in [0.1, 0.15) is 5.25 Å². The summed E-state index contributed by atoms with van der Waals surface area (Å²) in [5, 5.41) is 17.4. The van der Waals surface area contributed by atoms with Gasteiger partial charge in [0.25, 0.3) is 0 Å². The predicted octanol–water partition coefficient (Wildman–Crippen LogP) is 0.414. The second-order valence-corrected chi connectivity index (χ2v) is 4.05. The first-order valence-corrected chi connectivity index (χ1v) is 5.77. The highest BCUT2D eigenvalue weighted by molar-refractivity contribution is 8.00. The third-order valence-electron chi connectivity index (χ3n) is 1.62. The second kappa shape index (κ2) is 8.08. The van der Waals surface area contributed by atoms with Crippen molar-refractivity contribution in [1.82, 2.24) is 0 Å². The van der Waals surface area contributed by atoms with Crippen molar-refractivity contribution in [2.75, 3.05) is 19.0 Å². The Morgan fingerprint density at radius 3 is 2.57 bits per heavy atom. The standard InChI is InChI=1S/C9H18O4S/c1-3-8(9(12)13-4-2)14-6-7(11)5-10/h7-8,10-11H,3-6H2,1-2H3. The zero-order valence-corrected chi connectivity index (χ0v) is 9.42. The molecule has 0 aromatic carbocycles. The Bertz CT molecular complexity index is 163. The summed E-state index contributed by atoms with van der Waals surface area (Å²) in [6.07, 6.45) is -0.0924. The molecule has 2 atom stereocenters. The van der Waals surface area contributed by atoms with Crippen LogP contribution in [0.2, 0.25) is 0 Å². The van der Waals surface area contributed by atoms with Crippen LogP contribution in [-0.4, -0.2) is 46.5 Å². The first kappa shape index (κ1) is 13.7. The van der Waals surface area contributed by atoms with Crippen LogP contribution < -0.4 is 0 Å². The van der Waals surface area contributed by atoms with E-state index in [9.17, 15) is 4.79 Å². The van der Waals surface area contributed by atoms with E-state index in [1.54, 1.807) is 6.92 Å². The highest BCUT2D eigenvalue weighted by Gasteiger charge is 2.19. The summed E-state index contributed by atoms with van der Waals surface area (Å²) in [6.45, 7) is 3.75. The summed E-state index contributed by atoms with van der Waals surface area (Å²) in [6, 6.07) is 0. The first-order valence-electron chi connectivity index (χ1n) is 4.72. The van der Waals surface area contributed by atoms with Crippen molar-refractivity contribution in [2.24, 2.45) is 0 Å². The maximum atomic E-state index is 11.3. The lowest BCUT2D eigenvalue weighted by molar-refractivity contribution is -0.142. The molecule has 0 spiro atoms. The van der Waals surface area contributed by atoms with Crippen LogP contribution in [0.3, 0.4) is 0 Å². The number of carbonyl (C=O) groups excluding carboxylic acids is 1. The molecule has 0 rings (SSSR count). The molecule has 2 unspecified atom stereocenters. The Hall–Kier alpha value is -0.260. The van der Waals surface area contributed by atoms with E-state index >= 15 is 0 Å². The summed E-state index contributed by atoms with van der Waals surface area (Å²) >= 11 is 1.32. The van der Waals surface area contributed by atoms with Crippen LogP contribution in [0.5, 0.6) is 0 Å². The molecular formula is C9H18O4S. The number of aliphatic hydroxyl groups excluding tert-OH is 2. The summed E-state index contributed by atoms with van der Waals surface area (Å²) in [7, 11) is 0. The number of aliphatic hydroxyl groups is 2. The molecular weight excluding hydrogens is 204 g/mol. The lowest BCUT2D eigenvalue weighted by Gasteiger charge is -2.14. The third kappa shape index (κ3) is 5.47. The summed E-state index contributed by atoms with van der Waals surface area (Å²) in [4.78, 5) is 11.3. The third-order valence-corrected chi connectivity index (χ3v) is 3.13. The molecule has 0 radical (unpaired) electrons. The Labute approximate surface area is 88.6 Å². The number of carbonyl (C=O) groups is 1. The fourth-order valence-electron chi connectivity index (χ4n) is 0.868. The fourth-order valence-corrected chi connectivity index (χ4v) is 1.87. The monoisotopic (exact) mass is 222 g/mol. The van der Waals surface area contributed by atoms with Gasteiger partial charge in [-0.05, 0) is 13.3 Å². The van der Waals surface area contributed by atoms with Crippen molar-refractivity contribution in [3.63, 3.8) is 0 Å². The minimum absolute atomic E-state index is 0.240. The number of hydrogen-bond acceptors (Lipinski definition) is 5. The van der Waals surface area contributed by atoms with Gasteiger partial charge < -0.3 is 14.9 Å². The topological polar surface area (TPSA) is 66.8 Å². The number of esters is 1. The Balaban J connectivity index is 3.84. The highest BCUT2D eigenvalue weighted by atomic mass is 32.2. The van der Waals surface area contributed by atoms with Gasteiger partial charge in [-0.15, -0.1) is 11.8 Å². The van der Waals surface area contributed by atoms with E-state index in [4.69, 9.17) is 14.9 Å². The van der Waals surface area contributed by atoms with Gasteiger partial charge in [-0.3, -0.25) is 4.79 Å². The highest BCUT2D eigenvalue weighted by Crippen LogP contribution is 2.17. The molecule has 0 aliphatic carbocycles. The molecule has 0 aromatic rings. The predicted molar refractivity (Wildman–Crippen MR) is 56.3 cm³/mol. The molecule has 0 fully saturated rings. The van der Waals surface area contributed by atoms with E-state index < -0.39 is 6.10 Å². The van der Waals surface area contributed by atoms with Crippen molar-refractivity contribution in [3.8, 4) is 0 Å². The SMILES string of the molecule is CCOC(=O)C(CC)SCC(O)CO. The fraction of sp³-hybridized carbons (Fsp3) is 0.889. The lowest BCUT2D eigenvalue weighted by atomic mass is 10.3. The van der Waals surface area contributed by atoms with Gasteiger partial charge in [-0.2, -0.15) is 0 Å².